The molecule has 0 aromatic heterocycles. The highest BCUT2D eigenvalue weighted by atomic mass is 35.5. The lowest BCUT2D eigenvalue weighted by molar-refractivity contribution is 0.183. The maximum atomic E-state index is 5.94. The van der Waals surface area contributed by atoms with Crippen LogP contribution in [0.3, 0.4) is 0 Å². The number of rotatable bonds is 7. The molecule has 0 amide bonds. The van der Waals surface area contributed by atoms with E-state index in [9.17, 15) is 0 Å². The van der Waals surface area contributed by atoms with Crippen molar-refractivity contribution in [1.29, 1.82) is 0 Å². The maximum absolute atomic E-state index is 5.94. The van der Waals surface area contributed by atoms with E-state index in [1.165, 1.54) is 0 Å². The Balaban J connectivity index is 2.53. The Labute approximate surface area is 109 Å². The van der Waals surface area contributed by atoms with Crippen molar-refractivity contribution in [3.63, 3.8) is 0 Å². The van der Waals surface area contributed by atoms with Crippen LogP contribution in [0.15, 0.2) is 24.3 Å². The van der Waals surface area contributed by atoms with Gasteiger partial charge < -0.3 is 10.1 Å². The number of hydrogen-bond donors (Lipinski definition) is 1. The molecule has 0 radical (unpaired) electrons. The van der Waals surface area contributed by atoms with Crippen molar-refractivity contribution in [2.45, 2.75) is 45.8 Å². The fourth-order valence-corrected chi connectivity index (χ4v) is 1.80. The molecule has 0 aliphatic heterocycles. The third-order valence-electron chi connectivity index (χ3n) is 2.46. The largest absolute Gasteiger partial charge is 0.489 e. The van der Waals surface area contributed by atoms with Crippen LogP contribution in [0.4, 0.5) is 0 Å². The van der Waals surface area contributed by atoms with Gasteiger partial charge in [-0.15, -0.1) is 0 Å². The van der Waals surface area contributed by atoms with Gasteiger partial charge >= 0.3 is 0 Å². The van der Waals surface area contributed by atoms with E-state index in [4.69, 9.17) is 16.3 Å². The number of hydrogen-bond acceptors (Lipinski definition) is 2. The SMILES string of the molecule is CCCC(CNC(C)C)Oc1cccc(Cl)c1. The standard InChI is InChI=1S/C14H22ClNO/c1-4-6-14(10-16-11(2)3)17-13-8-5-7-12(15)9-13/h5,7-9,11,14,16H,4,6,10H2,1-3H3. The molecular weight excluding hydrogens is 234 g/mol. The van der Waals surface area contributed by atoms with Crippen LogP contribution in [0.2, 0.25) is 5.02 Å². The fraction of sp³-hybridized carbons (Fsp3) is 0.571. The molecule has 1 atom stereocenters. The molecule has 1 N–H and O–H groups in total. The summed E-state index contributed by atoms with van der Waals surface area (Å²) in [5, 5.41) is 4.12. The highest BCUT2D eigenvalue weighted by molar-refractivity contribution is 6.30. The molecular formula is C14H22ClNO. The van der Waals surface area contributed by atoms with Gasteiger partial charge in [0.05, 0.1) is 0 Å². The van der Waals surface area contributed by atoms with Gasteiger partial charge in [0.1, 0.15) is 11.9 Å². The summed E-state index contributed by atoms with van der Waals surface area (Å²) in [6, 6.07) is 8.06. The van der Waals surface area contributed by atoms with Crippen molar-refractivity contribution in [1.82, 2.24) is 5.32 Å². The number of nitrogens with one attached hydrogen (secondary N) is 1. The van der Waals surface area contributed by atoms with Crippen molar-refractivity contribution in [3.8, 4) is 5.75 Å². The van der Waals surface area contributed by atoms with Crippen LogP contribution >= 0.6 is 11.6 Å². The summed E-state index contributed by atoms with van der Waals surface area (Å²) >= 11 is 5.94. The first kappa shape index (κ1) is 14.3. The third-order valence-corrected chi connectivity index (χ3v) is 2.70. The Morgan fingerprint density at radius 3 is 2.71 bits per heavy atom. The minimum atomic E-state index is 0.209. The summed E-state index contributed by atoms with van der Waals surface area (Å²) in [7, 11) is 0. The average molecular weight is 256 g/mol. The Morgan fingerprint density at radius 2 is 2.12 bits per heavy atom. The zero-order valence-electron chi connectivity index (χ0n) is 10.9. The second-order valence-electron chi connectivity index (χ2n) is 4.55. The van der Waals surface area contributed by atoms with Crippen LogP contribution in [0.1, 0.15) is 33.6 Å². The highest BCUT2D eigenvalue weighted by Crippen LogP contribution is 2.19. The minimum absolute atomic E-state index is 0.209. The lowest BCUT2D eigenvalue weighted by Crippen LogP contribution is -2.35. The fourth-order valence-electron chi connectivity index (χ4n) is 1.62. The van der Waals surface area contributed by atoms with E-state index >= 15 is 0 Å². The molecule has 0 bridgehead atoms. The van der Waals surface area contributed by atoms with Gasteiger partial charge in [-0.2, -0.15) is 0 Å². The van der Waals surface area contributed by atoms with Crippen LogP contribution < -0.4 is 10.1 Å². The van der Waals surface area contributed by atoms with Gasteiger partial charge in [-0.05, 0) is 24.6 Å². The molecule has 0 fully saturated rings. The number of benzene rings is 1. The lowest BCUT2D eigenvalue weighted by atomic mass is 10.2. The molecule has 2 nitrogen and oxygen atoms in total. The third kappa shape index (κ3) is 5.94. The Hall–Kier alpha value is -0.730. The zero-order valence-corrected chi connectivity index (χ0v) is 11.6. The first-order valence-electron chi connectivity index (χ1n) is 6.27. The van der Waals surface area contributed by atoms with E-state index < -0.39 is 0 Å². The molecule has 17 heavy (non-hydrogen) atoms. The van der Waals surface area contributed by atoms with Crippen molar-refractivity contribution >= 4 is 11.6 Å². The van der Waals surface area contributed by atoms with Gasteiger partial charge in [-0.1, -0.05) is 44.9 Å². The van der Waals surface area contributed by atoms with Crippen LogP contribution in [-0.2, 0) is 0 Å². The van der Waals surface area contributed by atoms with Crippen molar-refractivity contribution in [2.75, 3.05) is 6.54 Å². The van der Waals surface area contributed by atoms with Crippen LogP contribution in [0.5, 0.6) is 5.75 Å². The molecule has 3 heteroatoms. The minimum Gasteiger partial charge on any atom is -0.489 e. The molecule has 1 rings (SSSR count). The predicted molar refractivity (Wildman–Crippen MR) is 73.9 cm³/mol. The predicted octanol–water partition coefficient (Wildman–Crippen LogP) is 3.89. The second-order valence-corrected chi connectivity index (χ2v) is 4.99. The van der Waals surface area contributed by atoms with Crippen LogP contribution in [0, 0.1) is 0 Å². The molecule has 0 spiro atoms. The monoisotopic (exact) mass is 255 g/mol. The average Bonchev–Trinajstić information content (AvgIpc) is 2.26. The summed E-state index contributed by atoms with van der Waals surface area (Å²) in [5.41, 5.74) is 0. The van der Waals surface area contributed by atoms with Gasteiger partial charge in [0.2, 0.25) is 0 Å². The Bertz CT molecular complexity index is 328. The van der Waals surface area contributed by atoms with E-state index in [1.807, 2.05) is 24.3 Å². The summed E-state index contributed by atoms with van der Waals surface area (Å²) < 4.78 is 5.94. The molecule has 0 saturated carbocycles. The molecule has 0 saturated heterocycles. The summed E-state index contributed by atoms with van der Waals surface area (Å²) in [6.07, 6.45) is 2.37. The zero-order chi connectivity index (χ0) is 12.7. The molecule has 1 aromatic carbocycles. The first-order valence-corrected chi connectivity index (χ1v) is 6.65. The molecule has 1 aromatic rings. The van der Waals surface area contributed by atoms with E-state index in [2.05, 4.69) is 26.1 Å². The maximum Gasteiger partial charge on any atom is 0.121 e. The summed E-state index contributed by atoms with van der Waals surface area (Å²) in [6.45, 7) is 7.33. The van der Waals surface area contributed by atoms with E-state index in [-0.39, 0.29) is 6.10 Å². The lowest BCUT2D eigenvalue weighted by Gasteiger charge is -2.20. The molecule has 96 valence electrons. The van der Waals surface area contributed by atoms with Gasteiger partial charge in [-0.25, -0.2) is 0 Å². The highest BCUT2D eigenvalue weighted by Gasteiger charge is 2.10. The normalized spacial score (nSPS) is 12.8. The smallest absolute Gasteiger partial charge is 0.121 e. The van der Waals surface area contributed by atoms with Crippen LogP contribution in [-0.4, -0.2) is 18.7 Å². The Kier molecular flexibility index (Phi) is 6.38. The van der Waals surface area contributed by atoms with Gasteiger partial charge in [-0.3, -0.25) is 0 Å². The van der Waals surface area contributed by atoms with Crippen LogP contribution in [0.25, 0.3) is 0 Å². The van der Waals surface area contributed by atoms with Gasteiger partial charge in [0.15, 0.2) is 0 Å². The van der Waals surface area contributed by atoms with Crippen molar-refractivity contribution in [2.24, 2.45) is 0 Å². The van der Waals surface area contributed by atoms with Crippen molar-refractivity contribution in [3.05, 3.63) is 29.3 Å². The van der Waals surface area contributed by atoms with Gasteiger partial charge in [0.25, 0.3) is 0 Å². The number of ether oxygens (including phenoxy) is 1. The first-order chi connectivity index (χ1) is 8.11. The van der Waals surface area contributed by atoms with E-state index in [1.54, 1.807) is 0 Å². The number of halogens is 1. The van der Waals surface area contributed by atoms with E-state index in [0.717, 1.165) is 30.2 Å². The quantitative estimate of drug-likeness (QED) is 0.798. The summed E-state index contributed by atoms with van der Waals surface area (Å²) in [5.74, 6) is 0.849. The van der Waals surface area contributed by atoms with Crippen molar-refractivity contribution < 1.29 is 4.74 Å². The van der Waals surface area contributed by atoms with Gasteiger partial charge in [0, 0.05) is 17.6 Å². The summed E-state index contributed by atoms with van der Waals surface area (Å²) in [4.78, 5) is 0. The molecule has 0 aliphatic carbocycles. The molecule has 0 aliphatic rings. The molecule has 0 heterocycles. The van der Waals surface area contributed by atoms with E-state index in [0.29, 0.717) is 6.04 Å². The molecule has 1 unspecified atom stereocenters. The Morgan fingerprint density at radius 1 is 1.35 bits per heavy atom. The second kappa shape index (κ2) is 7.57. The topological polar surface area (TPSA) is 21.3 Å².